The maximum Gasteiger partial charge on any atom is 0.275 e. The van der Waals surface area contributed by atoms with Gasteiger partial charge in [0.2, 0.25) is 0 Å². The fourth-order valence-electron chi connectivity index (χ4n) is 2.22. The number of hydrogen-bond donors (Lipinski definition) is 3. The van der Waals surface area contributed by atoms with Crippen LogP contribution in [0.2, 0.25) is 0 Å². The number of carbonyl (C=O) groups is 1. The summed E-state index contributed by atoms with van der Waals surface area (Å²) in [5.74, 6) is -0.0331. The van der Waals surface area contributed by atoms with Gasteiger partial charge in [0.05, 0.1) is 11.9 Å². The Bertz CT molecular complexity index is 647. The van der Waals surface area contributed by atoms with Gasteiger partial charge in [-0.15, -0.1) is 0 Å². The Morgan fingerprint density at radius 3 is 2.57 bits per heavy atom. The van der Waals surface area contributed by atoms with Crippen molar-refractivity contribution in [1.82, 2.24) is 20.4 Å². The van der Waals surface area contributed by atoms with E-state index in [-0.39, 0.29) is 17.4 Å². The lowest BCUT2D eigenvalue weighted by Crippen LogP contribution is -2.27. The van der Waals surface area contributed by atoms with Gasteiger partial charge >= 0.3 is 0 Å². The highest BCUT2D eigenvalue weighted by molar-refractivity contribution is 5.94. The zero-order chi connectivity index (χ0) is 16.8. The van der Waals surface area contributed by atoms with Gasteiger partial charge < -0.3 is 15.7 Å². The molecule has 0 atom stereocenters. The average Bonchev–Trinajstić information content (AvgIpc) is 2.93. The van der Waals surface area contributed by atoms with E-state index in [4.69, 9.17) is 0 Å². The summed E-state index contributed by atoms with van der Waals surface area (Å²) in [4.78, 5) is 12.0. The number of nitrogens with zero attached hydrogens (tertiary/aromatic N) is 2. The zero-order valence-corrected chi connectivity index (χ0v) is 13.8. The van der Waals surface area contributed by atoms with Crippen molar-refractivity contribution >= 4 is 5.91 Å². The molecule has 0 bridgehead atoms. The fourth-order valence-corrected chi connectivity index (χ4v) is 2.22. The van der Waals surface area contributed by atoms with Crippen LogP contribution in [0.4, 0.5) is 0 Å². The van der Waals surface area contributed by atoms with Gasteiger partial charge in [-0.3, -0.25) is 4.79 Å². The lowest BCUT2D eigenvalue weighted by Gasteiger charge is -2.06. The highest BCUT2D eigenvalue weighted by atomic mass is 16.3. The van der Waals surface area contributed by atoms with Crippen LogP contribution in [0.5, 0.6) is 5.75 Å². The fraction of sp³-hybridized carbons (Fsp3) is 0.412. The van der Waals surface area contributed by atoms with E-state index < -0.39 is 0 Å². The molecule has 1 aromatic heterocycles. The van der Waals surface area contributed by atoms with E-state index in [2.05, 4.69) is 29.6 Å². The summed E-state index contributed by atoms with van der Waals surface area (Å²) in [5, 5.41) is 19.9. The molecule has 1 aromatic carbocycles. The first kappa shape index (κ1) is 17.0. The van der Waals surface area contributed by atoms with E-state index in [0.717, 1.165) is 18.7 Å². The van der Waals surface area contributed by atoms with Crippen molar-refractivity contribution in [2.24, 2.45) is 0 Å². The second-order valence-corrected chi connectivity index (χ2v) is 5.77. The van der Waals surface area contributed by atoms with Crippen molar-refractivity contribution in [1.29, 1.82) is 0 Å². The summed E-state index contributed by atoms with van der Waals surface area (Å²) < 4.78 is 1.52. The molecular weight excluding hydrogens is 292 g/mol. The number of hydrogen-bond acceptors (Lipinski definition) is 4. The van der Waals surface area contributed by atoms with E-state index in [1.165, 1.54) is 16.4 Å². The van der Waals surface area contributed by atoms with E-state index in [9.17, 15) is 9.90 Å². The summed E-state index contributed by atoms with van der Waals surface area (Å²) in [5.41, 5.74) is 2.08. The Hall–Kier alpha value is -2.34. The van der Waals surface area contributed by atoms with Gasteiger partial charge in [0.1, 0.15) is 0 Å². The second-order valence-electron chi connectivity index (χ2n) is 5.77. The number of aromatic hydroxyl groups is 1. The first-order valence-electron chi connectivity index (χ1n) is 7.84. The highest BCUT2D eigenvalue weighted by Gasteiger charge is 2.16. The number of amides is 1. The molecule has 0 saturated heterocycles. The molecule has 1 heterocycles. The van der Waals surface area contributed by atoms with Crippen LogP contribution < -0.4 is 10.6 Å². The van der Waals surface area contributed by atoms with Crippen molar-refractivity contribution in [2.45, 2.75) is 26.2 Å². The topological polar surface area (TPSA) is 79.2 Å². The van der Waals surface area contributed by atoms with Gasteiger partial charge in [-0.2, -0.15) is 5.10 Å². The lowest BCUT2D eigenvalue weighted by atomic mass is 10.0. The van der Waals surface area contributed by atoms with Crippen molar-refractivity contribution in [3.63, 3.8) is 0 Å². The molecule has 3 N–H and O–H groups in total. The predicted octanol–water partition coefficient (Wildman–Crippen LogP) is 2.04. The van der Waals surface area contributed by atoms with Crippen LogP contribution in [-0.4, -0.2) is 40.9 Å². The third-order valence-electron chi connectivity index (χ3n) is 3.62. The van der Waals surface area contributed by atoms with Crippen LogP contribution in [0.1, 0.15) is 42.2 Å². The zero-order valence-electron chi connectivity index (χ0n) is 13.8. The molecule has 0 unspecified atom stereocenters. The Kier molecular flexibility index (Phi) is 5.76. The van der Waals surface area contributed by atoms with E-state index in [1.54, 1.807) is 0 Å². The van der Waals surface area contributed by atoms with Crippen LogP contribution in [0.15, 0.2) is 30.5 Å². The van der Waals surface area contributed by atoms with E-state index in [1.807, 2.05) is 31.3 Å². The molecular formula is C17H24N4O2. The van der Waals surface area contributed by atoms with Crippen LogP contribution in [0.25, 0.3) is 5.69 Å². The van der Waals surface area contributed by atoms with Gasteiger partial charge in [0.25, 0.3) is 5.91 Å². The molecule has 23 heavy (non-hydrogen) atoms. The third-order valence-corrected chi connectivity index (χ3v) is 3.62. The largest absolute Gasteiger partial charge is 0.504 e. The smallest absolute Gasteiger partial charge is 0.275 e. The SMILES string of the molecule is CNCCCNC(=O)c1nn(-c2ccc(C(C)C)cc2)cc1O. The minimum Gasteiger partial charge on any atom is -0.504 e. The average molecular weight is 316 g/mol. The van der Waals surface area contributed by atoms with Gasteiger partial charge in [0, 0.05) is 6.54 Å². The molecule has 0 saturated carbocycles. The van der Waals surface area contributed by atoms with Crippen LogP contribution in [-0.2, 0) is 0 Å². The van der Waals surface area contributed by atoms with Gasteiger partial charge in [-0.25, -0.2) is 4.68 Å². The summed E-state index contributed by atoms with van der Waals surface area (Å²) in [7, 11) is 1.86. The van der Waals surface area contributed by atoms with Crippen molar-refractivity contribution in [2.75, 3.05) is 20.1 Å². The normalized spacial score (nSPS) is 11.0. The number of rotatable bonds is 7. The summed E-state index contributed by atoms with van der Waals surface area (Å²) in [6, 6.07) is 7.90. The lowest BCUT2D eigenvalue weighted by molar-refractivity contribution is 0.0945. The van der Waals surface area contributed by atoms with Gasteiger partial charge in [-0.1, -0.05) is 26.0 Å². The molecule has 6 heteroatoms. The summed E-state index contributed by atoms with van der Waals surface area (Å²) in [6.07, 6.45) is 2.27. The first-order chi connectivity index (χ1) is 11.0. The number of benzene rings is 1. The Morgan fingerprint density at radius 1 is 1.26 bits per heavy atom. The maximum absolute atomic E-state index is 12.0. The third kappa shape index (κ3) is 4.32. The van der Waals surface area contributed by atoms with Crippen molar-refractivity contribution in [3.05, 3.63) is 41.7 Å². The molecule has 0 fully saturated rings. The monoisotopic (exact) mass is 316 g/mol. The van der Waals surface area contributed by atoms with Crippen molar-refractivity contribution < 1.29 is 9.90 Å². The van der Waals surface area contributed by atoms with Gasteiger partial charge in [-0.05, 0) is 43.6 Å². The number of carbonyl (C=O) groups excluding carboxylic acids is 1. The summed E-state index contributed by atoms with van der Waals surface area (Å²) in [6.45, 7) is 5.62. The van der Waals surface area contributed by atoms with E-state index in [0.29, 0.717) is 12.5 Å². The quantitative estimate of drug-likeness (QED) is 0.683. The molecule has 124 valence electrons. The molecule has 1 amide bonds. The maximum atomic E-state index is 12.0. The molecule has 0 aliphatic carbocycles. The Balaban J connectivity index is 2.09. The molecule has 6 nitrogen and oxygen atoms in total. The molecule has 0 aliphatic rings. The van der Waals surface area contributed by atoms with Gasteiger partial charge in [0.15, 0.2) is 11.4 Å². The molecule has 2 aromatic rings. The van der Waals surface area contributed by atoms with E-state index >= 15 is 0 Å². The Morgan fingerprint density at radius 2 is 1.96 bits per heavy atom. The Labute approximate surface area is 136 Å². The first-order valence-corrected chi connectivity index (χ1v) is 7.84. The molecule has 2 rings (SSSR count). The standard InChI is InChI=1S/C17H24N4O2/c1-12(2)13-5-7-14(8-6-13)21-11-15(22)16(20-21)17(23)19-10-4-9-18-3/h5-8,11-12,18,22H,4,9-10H2,1-3H3,(H,19,23). The van der Waals surface area contributed by atoms with Crippen LogP contribution in [0.3, 0.4) is 0 Å². The molecule has 0 spiro atoms. The predicted molar refractivity (Wildman–Crippen MR) is 90.2 cm³/mol. The van der Waals surface area contributed by atoms with Crippen LogP contribution >= 0.6 is 0 Å². The van der Waals surface area contributed by atoms with Crippen molar-refractivity contribution in [3.8, 4) is 11.4 Å². The number of nitrogens with one attached hydrogen (secondary N) is 2. The van der Waals surface area contributed by atoms with Crippen LogP contribution in [0, 0.1) is 0 Å². The highest BCUT2D eigenvalue weighted by Crippen LogP contribution is 2.20. The molecule has 0 radical (unpaired) electrons. The molecule has 0 aliphatic heterocycles. The number of aromatic nitrogens is 2. The minimum absolute atomic E-state index is 0.0439. The second kappa shape index (κ2) is 7.78. The summed E-state index contributed by atoms with van der Waals surface area (Å²) >= 11 is 0. The minimum atomic E-state index is -0.365.